The first kappa shape index (κ1) is 16.7. The molecule has 0 unspecified atom stereocenters. The van der Waals surface area contributed by atoms with Gasteiger partial charge in [0.1, 0.15) is 11.5 Å². The van der Waals surface area contributed by atoms with E-state index in [0.717, 1.165) is 24.2 Å². The van der Waals surface area contributed by atoms with Gasteiger partial charge in [-0.3, -0.25) is 4.79 Å². The van der Waals surface area contributed by atoms with E-state index >= 15 is 0 Å². The highest BCUT2D eigenvalue weighted by atomic mass is 32.2. The molecular formula is C18H22O3S. The van der Waals surface area contributed by atoms with Gasteiger partial charge in [-0.1, -0.05) is 25.0 Å². The van der Waals surface area contributed by atoms with Crippen molar-refractivity contribution in [3.05, 3.63) is 53.5 Å². The van der Waals surface area contributed by atoms with Crippen LogP contribution in [0, 0.1) is 6.92 Å². The van der Waals surface area contributed by atoms with Crippen molar-refractivity contribution in [1.82, 2.24) is 0 Å². The largest absolute Gasteiger partial charge is 0.493 e. The van der Waals surface area contributed by atoms with Crippen molar-refractivity contribution in [2.24, 2.45) is 0 Å². The lowest BCUT2D eigenvalue weighted by atomic mass is 10.1. The molecule has 2 rings (SSSR count). The molecule has 3 nitrogen and oxygen atoms in total. The molecule has 0 saturated carbocycles. The van der Waals surface area contributed by atoms with Crippen LogP contribution in [0.15, 0.2) is 41.0 Å². The van der Waals surface area contributed by atoms with Crippen LogP contribution in [0.2, 0.25) is 0 Å². The van der Waals surface area contributed by atoms with Crippen molar-refractivity contribution < 1.29 is 13.9 Å². The minimum atomic E-state index is 0.103. The molecule has 22 heavy (non-hydrogen) atoms. The van der Waals surface area contributed by atoms with Crippen LogP contribution >= 0.6 is 11.8 Å². The predicted octanol–water partition coefficient (Wildman–Crippen LogP) is 4.88. The number of hydrogen-bond donors (Lipinski definition) is 0. The van der Waals surface area contributed by atoms with Crippen molar-refractivity contribution in [2.45, 2.75) is 32.4 Å². The third-order valence-electron chi connectivity index (χ3n) is 3.25. The number of carbonyl (C=O) groups is 1. The quantitative estimate of drug-likeness (QED) is 0.488. The molecule has 118 valence electrons. The van der Waals surface area contributed by atoms with Gasteiger partial charge < -0.3 is 9.15 Å². The van der Waals surface area contributed by atoms with E-state index < -0.39 is 0 Å². The fourth-order valence-electron chi connectivity index (χ4n) is 2.03. The molecule has 0 amide bonds. The van der Waals surface area contributed by atoms with Gasteiger partial charge in [0.25, 0.3) is 0 Å². The molecule has 1 heterocycles. The third-order valence-corrected chi connectivity index (χ3v) is 4.20. The molecule has 1 aromatic carbocycles. The summed E-state index contributed by atoms with van der Waals surface area (Å²) in [5.74, 6) is 2.82. The summed E-state index contributed by atoms with van der Waals surface area (Å²) in [6, 6.07) is 9.57. The second kappa shape index (κ2) is 8.69. The smallest absolute Gasteiger partial charge is 0.176 e. The molecule has 0 fully saturated rings. The second-order valence-corrected chi connectivity index (χ2v) is 6.18. The van der Waals surface area contributed by atoms with Crippen LogP contribution in [0.4, 0.5) is 0 Å². The Morgan fingerprint density at radius 1 is 1.32 bits per heavy atom. The maximum absolute atomic E-state index is 12.4. The molecule has 0 N–H and O–H groups in total. The van der Waals surface area contributed by atoms with Gasteiger partial charge in [-0.15, -0.1) is 11.8 Å². The van der Waals surface area contributed by atoms with Crippen molar-refractivity contribution in [1.29, 1.82) is 0 Å². The van der Waals surface area contributed by atoms with Gasteiger partial charge in [-0.25, -0.2) is 0 Å². The summed E-state index contributed by atoms with van der Waals surface area (Å²) in [6.07, 6.45) is 3.72. The number of Topliss-reactive ketones (excluding diaryl/α,β-unsaturated/α-hetero) is 1. The van der Waals surface area contributed by atoms with E-state index in [-0.39, 0.29) is 5.78 Å². The number of rotatable bonds is 9. The number of furan rings is 1. The van der Waals surface area contributed by atoms with Crippen LogP contribution in [0.1, 0.15) is 41.4 Å². The van der Waals surface area contributed by atoms with E-state index in [1.54, 1.807) is 18.0 Å². The fourth-order valence-corrected chi connectivity index (χ4v) is 2.84. The van der Waals surface area contributed by atoms with Gasteiger partial charge in [0.15, 0.2) is 5.78 Å². The van der Waals surface area contributed by atoms with Gasteiger partial charge in [0.2, 0.25) is 0 Å². The number of carbonyl (C=O) groups excluding carboxylic acids is 1. The average Bonchev–Trinajstić information content (AvgIpc) is 3.02. The van der Waals surface area contributed by atoms with Gasteiger partial charge in [-0.05, 0) is 37.6 Å². The zero-order valence-corrected chi connectivity index (χ0v) is 13.9. The van der Waals surface area contributed by atoms with Crippen molar-refractivity contribution >= 4 is 17.5 Å². The number of aryl methyl sites for hydroxylation is 1. The van der Waals surface area contributed by atoms with E-state index in [2.05, 4.69) is 6.92 Å². The zero-order valence-electron chi connectivity index (χ0n) is 13.1. The van der Waals surface area contributed by atoms with Gasteiger partial charge in [0, 0.05) is 0 Å². The Balaban J connectivity index is 1.96. The SMILES string of the molecule is CCCCOc1ccc(C)cc1C(=O)CSCc1ccco1. The third kappa shape index (κ3) is 4.95. The van der Waals surface area contributed by atoms with Gasteiger partial charge in [-0.2, -0.15) is 0 Å². The monoisotopic (exact) mass is 318 g/mol. The Labute approximate surface area is 136 Å². The van der Waals surface area contributed by atoms with Gasteiger partial charge in [0.05, 0.1) is 29.9 Å². The first-order chi connectivity index (χ1) is 10.7. The summed E-state index contributed by atoms with van der Waals surface area (Å²) in [6.45, 7) is 4.76. The number of unbranched alkanes of at least 4 members (excludes halogenated alkanes) is 1. The highest BCUT2D eigenvalue weighted by molar-refractivity contribution is 7.99. The molecule has 0 saturated heterocycles. The lowest BCUT2D eigenvalue weighted by Crippen LogP contribution is -2.08. The lowest BCUT2D eigenvalue weighted by molar-refractivity contribution is 0.101. The summed E-state index contributed by atoms with van der Waals surface area (Å²) in [4.78, 5) is 12.4. The van der Waals surface area contributed by atoms with Crippen molar-refractivity contribution in [3.8, 4) is 5.75 Å². The van der Waals surface area contributed by atoms with Crippen LogP contribution in [0.5, 0.6) is 5.75 Å². The van der Waals surface area contributed by atoms with Crippen LogP contribution in [-0.4, -0.2) is 18.1 Å². The lowest BCUT2D eigenvalue weighted by Gasteiger charge is -2.11. The molecule has 0 aliphatic carbocycles. The fraction of sp³-hybridized carbons (Fsp3) is 0.389. The number of thioether (sulfide) groups is 1. The number of ketones is 1. The van der Waals surface area contributed by atoms with E-state index in [9.17, 15) is 4.79 Å². The van der Waals surface area contributed by atoms with E-state index in [0.29, 0.717) is 29.4 Å². The Kier molecular flexibility index (Phi) is 6.59. The Hall–Kier alpha value is -1.68. The maximum atomic E-state index is 12.4. The average molecular weight is 318 g/mol. The summed E-state index contributed by atoms with van der Waals surface area (Å²) >= 11 is 1.56. The van der Waals surface area contributed by atoms with E-state index in [1.807, 2.05) is 37.3 Å². The molecule has 4 heteroatoms. The second-order valence-electron chi connectivity index (χ2n) is 5.20. The van der Waals surface area contributed by atoms with E-state index in [4.69, 9.17) is 9.15 Å². The topological polar surface area (TPSA) is 39.4 Å². The molecule has 0 radical (unpaired) electrons. The number of ether oxygens (including phenoxy) is 1. The molecular weight excluding hydrogens is 296 g/mol. The first-order valence-corrected chi connectivity index (χ1v) is 8.73. The summed E-state index contributed by atoms with van der Waals surface area (Å²) in [5.41, 5.74) is 1.75. The molecule has 0 spiro atoms. The highest BCUT2D eigenvalue weighted by Gasteiger charge is 2.13. The highest BCUT2D eigenvalue weighted by Crippen LogP contribution is 2.23. The van der Waals surface area contributed by atoms with Crippen LogP contribution in [-0.2, 0) is 5.75 Å². The normalized spacial score (nSPS) is 10.6. The summed E-state index contributed by atoms with van der Waals surface area (Å²) in [7, 11) is 0. The van der Waals surface area contributed by atoms with Crippen LogP contribution in [0.3, 0.4) is 0 Å². The minimum absolute atomic E-state index is 0.103. The Bertz CT molecular complexity index is 590. The summed E-state index contributed by atoms with van der Waals surface area (Å²) < 4.78 is 11.0. The Morgan fingerprint density at radius 2 is 2.18 bits per heavy atom. The van der Waals surface area contributed by atoms with Crippen LogP contribution < -0.4 is 4.74 Å². The van der Waals surface area contributed by atoms with Crippen molar-refractivity contribution in [3.63, 3.8) is 0 Å². The number of hydrogen-bond acceptors (Lipinski definition) is 4. The molecule has 0 bridgehead atoms. The Morgan fingerprint density at radius 3 is 2.91 bits per heavy atom. The van der Waals surface area contributed by atoms with Gasteiger partial charge >= 0.3 is 0 Å². The maximum Gasteiger partial charge on any atom is 0.176 e. The van der Waals surface area contributed by atoms with Crippen molar-refractivity contribution in [2.75, 3.05) is 12.4 Å². The first-order valence-electron chi connectivity index (χ1n) is 7.57. The summed E-state index contributed by atoms with van der Waals surface area (Å²) in [5, 5.41) is 0. The molecule has 1 aromatic heterocycles. The number of benzene rings is 1. The molecule has 2 aromatic rings. The van der Waals surface area contributed by atoms with Crippen LogP contribution in [0.25, 0.3) is 0 Å². The molecule has 0 aliphatic rings. The molecule has 0 atom stereocenters. The van der Waals surface area contributed by atoms with E-state index in [1.165, 1.54) is 0 Å². The standard InChI is InChI=1S/C18H22O3S/c1-3-4-9-21-18-8-7-14(2)11-16(18)17(19)13-22-12-15-6-5-10-20-15/h5-8,10-11H,3-4,9,12-13H2,1-2H3. The predicted molar refractivity (Wildman–Crippen MR) is 90.8 cm³/mol. The minimum Gasteiger partial charge on any atom is -0.493 e. The molecule has 0 aliphatic heterocycles. The zero-order chi connectivity index (χ0) is 15.8.